The molecule has 2 nitrogen and oxygen atoms in total. The summed E-state index contributed by atoms with van der Waals surface area (Å²) < 4.78 is 13.3. The Bertz CT molecular complexity index is 466. The first-order chi connectivity index (χ1) is 6.70. The van der Waals surface area contributed by atoms with Gasteiger partial charge in [0.15, 0.2) is 0 Å². The van der Waals surface area contributed by atoms with Crippen molar-refractivity contribution < 1.29 is 4.39 Å². The number of aromatic nitrogens is 2. The molecule has 0 atom stereocenters. The Morgan fingerprint density at radius 1 is 1.21 bits per heavy atom. The molecule has 1 aromatic heterocycles. The van der Waals surface area contributed by atoms with Crippen LogP contribution in [0.25, 0.3) is 10.9 Å². The fraction of sp³-hybridized carbons (Fsp3) is 0.273. The maximum absolute atomic E-state index is 13.3. The molecule has 0 aliphatic rings. The molecule has 0 amide bonds. The molecule has 0 bridgehead atoms. The van der Waals surface area contributed by atoms with Crippen LogP contribution in [-0.2, 0) is 0 Å². The topological polar surface area (TPSA) is 25.8 Å². The lowest BCUT2D eigenvalue weighted by molar-refractivity contribution is 0.636. The van der Waals surface area contributed by atoms with E-state index in [2.05, 4.69) is 9.97 Å². The van der Waals surface area contributed by atoms with Gasteiger partial charge in [0.1, 0.15) is 17.7 Å². The second-order valence-electron chi connectivity index (χ2n) is 3.55. The number of halogens is 1. The summed E-state index contributed by atoms with van der Waals surface area (Å²) in [5.41, 5.74) is 1.31. The zero-order chi connectivity index (χ0) is 10.1. The van der Waals surface area contributed by atoms with E-state index in [-0.39, 0.29) is 11.7 Å². The van der Waals surface area contributed by atoms with E-state index in [1.54, 1.807) is 6.07 Å². The molecule has 3 heteroatoms. The molecule has 0 saturated carbocycles. The van der Waals surface area contributed by atoms with Gasteiger partial charge in [-0.3, -0.25) is 0 Å². The molecule has 0 saturated heterocycles. The zero-order valence-electron chi connectivity index (χ0n) is 8.16. The van der Waals surface area contributed by atoms with Gasteiger partial charge >= 0.3 is 0 Å². The Morgan fingerprint density at radius 2 is 2.00 bits per heavy atom. The van der Waals surface area contributed by atoms with Gasteiger partial charge < -0.3 is 0 Å². The lowest BCUT2D eigenvalue weighted by atomic mass is 10.0. The second kappa shape index (κ2) is 3.33. The highest BCUT2D eigenvalue weighted by Gasteiger charge is 2.09. The van der Waals surface area contributed by atoms with Gasteiger partial charge in [-0.05, 0) is 12.0 Å². The van der Waals surface area contributed by atoms with E-state index in [9.17, 15) is 4.39 Å². The molecule has 1 heterocycles. The molecular weight excluding hydrogens is 179 g/mol. The van der Waals surface area contributed by atoms with Crippen molar-refractivity contribution in [2.45, 2.75) is 19.8 Å². The summed E-state index contributed by atoms with van der Waals surface area (Å²) in [6.45, 7) is 4.07. The van der Waals surface area contributed by atoms with Crippen LogP contribution in [0.4, 0.5) is 4.39 Å². The van der Waals surface area contributed by atoms with E-state index in [0.717, 1.165) is 11.1 Å². The third-order valence-corrected chi connectivity index (χ3v) is 2.19. The number of para-hydroxylation sites is 1. The Kier molecular flexibility index (Phi) is 2.15. The van der Waals surface area contributed by atoms with E-state index in [1.165, 1.54) is 12.4 Å². The second-order valence-corrected chi connectivity index (χ2v) is 3.55. The van der Waals surface area contributed by atoms with Crippen molar-refractivity contribution in [3.05, 3.63) is 36.0 Å². The molecule has 0 radical (unpaired) electrons. The van der Waals surface area contributed by atoms with Crippen LogP contribution in [0, 0.1) is 5.82 Å². The summed E-state index contributed by atoms with van der Waals surface area (Å²) in [6, 6.07) is 4.96. The molecule has 0 unspecified atom stereocenters. The first-order valence-corrected chi connectivity index (χ1v) is 4.59. The number of benzene rings is 1. The molecule has 0 spiro atoms. The Balaban J connectivity index is 2.81. The quantitative estimate of drug-likeness (QED) is 0.691. The number of fused-ring (bicyclic) bond motifs is 1. The van der Waals surface area contributed by atoms with Crippen LogP contribution >= 0.6 is 0 Å². The first-order valence-electron chi connectivity index (χ1n) is 4.59. The predicted molar refractivity (Wildman–Crippen MR) is 53.6 cm³/mol. The van der Waals surface area contributed by atoms with Crippen molar-refractivity contribution in [2.24, 2.45) is 0 Å². The summed E-state index contributed by atoms with van der Waals surface area (Å²) in [6.07, 6.45) is 1.42. The zero-order valence-corrected chi connectivity index (χ0v) is 8.16. The molecular formula is C11H11FN2. The monoisotopic (exact) mass is 190 g/mol. The smallest absolute Gasteiger partial charge is 0.149 e. The number of nitrogens with zero attached hydrogens (tertiary/aromatic N) is 2. The summed E-state index contributed by atoms with van der Waals surface area (Å²) in [7, 11) is 0. The van der Waals surface area contributed by atoms with Crippen LogP contribution in [0.5, 0.6) is 0 Å². The minimum Gasteiger partial charge on any atom is -0.240 e. The molecule has 2 aromatic rings. The van der Waals surface area contributed by atoms with Crippen LogP contribution in [0.3, 0.4) is 0 Å². The fourth-order valence-corrected chi connectivity index (χ4v) is 1.53. The van der Waals surface area contributed by atoms with Gasteiger partial charge in [-0.1, -0.05) is 26.0 Å². The third kappa shape index (κ3) is 1.35. The van der Waals surface area contributed by atoms with Crippen molar-refractivity contribution in [3.63, 3.8) is 0 Å². The SMILES string of the molecule is CC(C)c1ncnc2c(F)cccc12. The number of hydrogen-bond acceptors (Lipinski definition) is 2. The molecule has 72 valence electrons. The van der Waals surface area contributed by atoms with Crippen molar-refractivity contribution in [1.29, 1.82) is 0 Å². The first kappa shape index (κ1) is 9.06. The maximum Gasteiger partial charge on any atom is 0.149 e. The Labute approximate surface area is 81.8 Å². The highest BCUT2D eigenvalue weighted by molar-refractivity contribution is 5.81. The fourth-order valence-electron chi connectivity index (χ4n) is 1.53. The molecule has 0 aliphatic heterocycles. The molecule has 1 aromatic carbocycles. The van der Waals surface area contributed by atoms with Gasteiger partial charge in [0.2, 0.25) is 0 Å². The van der Waals surface area contributed by atoms with E-state index >= 15 is 0 Å². The van der Waals surface area contributed by atoms with E-state index in [4.69, 9.17) is 0 Å². The van der Waals surface area contributed by atoms with Crippen LogP contribution in [0.15, 0.2) is 24.5 Å². The van der Waals surface area contributed by atoms with Crippen molar-refractivity contribution >= 4 is 10.9 Å². The molecule has 14 heavy (non-hydrogen) atoms. The average molecular weight is 190 g/mol. The predicted octanol–water partition coefficient (Wildman–Crippen LogP) is 2.89. The third-order valence-electron chi connectivity index (χ3n) is 2.19. The van der Waals surface area contributed by atoms with Gasteiger partial charge in [-0.15, -0.1) is 0 Å². The normalized spacial score (nSPS) is 11.1. The Morgan fingerprint density at radius 3 is 2.71 bits per heavy atom. The van der Waals surface area contributed by atoms with E-state index in [1.807, 2.05) is 19.9 Å². The van der Waals surface area contributed by atoms with E-state index in [0.29, 0.717) is 5.52 Å². The minimum atomic E-state index is -0.285. The van der Waals surface area contributed by atoms with Gasteiger partial charge in [-0.2, -0.15) is 0 Å². The van der Waals surface area contributed by atoms with Crippen molar-refractivity contribution in [2.75, 3.05) is 0 Å². The highest BCUT2D eigenvalue weighted by atomic mass is 19.1. The maximum atomic E-state index is 13.3. The molecule has 0 aliphatic carbocycles. The van der Waals surface area contributed by atoms with Crippen molar-refractivity contribution in [3.8, 4) is 0 Å². The summed E-state index contributed by atoms with van der Waals surface area (Å²) in [5.74, 6) is -0.00546. The van der Waals surface area contributed by atoms with Crippen LogP contribution in [0.2, 0.25) is 0 Å². The van der Waals surface area contributed by atoms with Gasteiger partial charge in [-0.25, -0.2) is 14.4 Å². The molecule has 0 N–H and O–H groups in total. The summed E-state index contributed by atoms with van der Waals surface area (Å²) in [4.78, 5) is 8.11. The van der Waals surface area contributed by atoms with Crippen molar-refractivity contribution in [1.82, 2.24) is 9.97 Å². The number of rotatable bonds is 1. The summed E-state index contributed by atoms with van der Waals surface area (Å²) >= 11 is 0. The highest BCUT2D eigenvalue weighted by Crippen LogP contribution is 2.22. The Hall–Kier alpha value is -1.51. The lowest BCUT2D eigenvalue weighted by Crippen LogP contribution is -1.96. The van der Waals surface area contributed by atoms with E-state index < -0.39 is 0 Å². The van der Waals surface area contributed by atoms with Gasteiger partial charge in [0.05, 0.1) is 5.69 Å². The standard InChI is InChI=1S/C11H11FN2/c1-7(2)10-8-4-3-5-9(12)11(8)14-6-13-10/h3-7H,1-2H3. The lowest BCUT2D eigenvalue weighted by Gasteiger charge is -2.07. The summed E-state index contributed by atoms with van der Waals surface area (Å²) in [5, 5.41) is 0.808. The number of hydrogen-bond donors (Lipinski definition) is 0. The minimum absolute atomic E-state index is 0.280. The molecule has 0 fully saturated rings. The average Bonchev–Trinajstić information content (AvgIpc) is 2.17. The molecule has 2 rings (SSSR count). The van der Waals surface area contributed by atoms with Gasteiger partial charge in [0, 0.05) is 5.39 Å². The van der Waals surface area contributed by atoms with Gasteiger partial charge in [0.25, 0.3) is 0 Å². The van der Waals surface area contributed by atoms with Crippen LogP contribution in [-0.4, -0.2) is 9.97 Å². The van der Waals surface area contributed by atoms with Crippen LogP contribution in [0.1, 0.15) is 25.5 Å². The largest absolute Gasteiger partial charge is 0.240 e. The van der Waals surface area contributed by atoms with Crippen LogP contribution < -0.4 is 0 Å².